The Hall–Kier alpha value is -0.680. The third-order valence-corrected chi connectivity index (χ3v) is 3.50. The van der Waals surface area contributed by atoms with Crippen LogP contribution in [0.3, 0.4) is 0 Å². The molecule has 1 saturated carbocycles. The van der Waals surface area contributed by atoms with Crippen molar-refractivity contribution >= 4 is 16.5 Å². The minimum atomic E-state index is 0.502. The Morgan fingerprint density at radius 1 is 1.50 bits per heavy atom. The van der Waals surface area contributed by atoms with Gasteiger partial charge in [-0.15, -0.1) is 10.2 Å². The number of aromatic nitrogens is 2. The molecule has 1 aromatic heterocycles. The van der Waals surface area contributed by atoms with E-state index in [0.29, 0.717) is 12.0 Å². The summed E-state index contributed by atoms with van der Waals surface area (Å²) >= 11 is 1.55. The molecule has 0 aliphatic heterocycles. The van der Waals surface area contributed by atoms with Gasteiger partial charge < -0.3 is 11.1 Å². The molecule has 14 heavy (non-hydrogen) atoms. The minimum Gasteiger partial charge on any atom is -0.357 e. The summed E-state index contributed by atoms with van der Waals surface area (Å²) in [5.41, 5.74) is 7.50. The summed E-state index contributed by atoms with van der Waals surface area (Å²) in [7, 11) is 0. The average molecular weight is 212 g/mol. The largest absolute Gasteiger partial charge is 0.357 e. The highest BCUT2D eigenvalue weighted by Crippen LogP contribution is 2.26. The zero-order valence-corrected chi connectivity index (χ0v) is 8.96. The van der Waals surface area contributed by atoms with Crippen LogP contribution in [0.4, 0.5) is 5.13 Å². The Morgan fingerprint density at radius 2 is 2.36 bits per heavy atom. The Morgan fingerprint density at radius 3 is 3.07 bits per heavy atom. The predicted octanol–water partition coefficient (Wildman–Crippen LogP) is 1.47. The average Bonchev–Trinajstić information content (AvgIpc) is 2.71. The molecule has 1 heterocycles. The summed E-state index contributed by atoms with van der Waals surface area (Å²) in [4.78, 5) is 0. The summed E-state index contributed by atoms with van der Waals surface area (Å²) in [6, 6.07) is 0.502. The van der Waals surface area contributed by atoms with Gasteiger partial charge in [0.2, 0.25) is 5.13 Å². The van der Waals surface area contributed by atoms with E-state index in [1.54, 1.807) is 16.8 Å². The number of nitrogens with zero attached hydrogens (tertiary/aromatic N) is 2. The van der Waals surface area contributed by atoms with Gasteiger partial charge in [-0.2, -0.15) is 0 Å². The lowest BCUT2D eigenvalue weighted by Crippen LogP contribution is -2.36. The Labute approximate surface area is 87.9 Å². The van der Waals surface area contributed by atoms with Gasteiger partial charge in [0.25, 0.3) is 0 Å². The molecule has 1 aromatic rings. The second kappa shape index (κ2) is 4.70. The molecule has 2 unspecified atom stereocenters. The van der Waals surface area contributed by atoms with Crippen LogP contribution in [-0.2, 0) is 0 Å². The van der Waals surface area contributed by atoms with E-state index in [0.717, 1.165) is 11.7 Å². The van der Waals surface area contributed by atoms with Crippen molar-refractivity contribution in [3.63, 3.8) is 0 Å². The zero-order chi connectivity index (χ0) is 9.80. The van der Waals surface area contributed by atoms with Gasteiger partial charge in [-0.1, -0.05) is 24.2 Å². The molecule has 0 bridgehead atoms. The summed E-state index contributed by atoms with van der Waals surface area (Å²) in [5.74, 6) is 0.604. The molecule has 3 N–H and O–H groups in total. The van der Waals surface area contributed by atoms with Crippen LogP contribution in [0.5, 0.6) is 0 Å². The molecule has 1 fully saturated rings. The van der Waals surface area contributed by atoms with Crippen LogP contribution < -0.4 is 11.1 Å². The van der Waals surface area contributed by atoms with Gasteiger partial charge in [-0.25, -0.2) is 0 Å². The van der Waals surface area contributed by atoms with E-state index in [9.17, 15) is 0 Å². The van der Waals surface area contributed by atoms with Crippen LogP contribution >= 0.6 is 11.3 Å². The standard InChI is InChI=1S/C9H16N4S/c10-5-7-3-1-2-4-8(7)12-9-13-11-6-14-9/h6-8H,1-5,10H2,(H,12,13). The summed E-state index contributed by atoms with van der Waals surface area (Å²) in [6.45, 7) is 0.774. The van der Waals surface area contributed by atoms with Gasteiger partial charge in [0.1, 0.15) is 5.51 Å². The van der Waals surface area contributed by atoms with E-state index >= 15 is 0 Å². The number of nitrogens with one attached hydrogen (secondary N) is 1. The van der Waals surface area contributed by atoms with Crippen molar-refractivity contribution in [3.05, 3.63) is 5.51 Å². The normalized spacial score (nSPS) is 27.5. The fourth-order valence-corrected chi connectivity index (χ4v) is 2.58. The molecule has 1 aliphatic rings. The summed E-state index contributed by atoms with van der Waals surface area (Å²) in [5, 5.41) is 12.2. The van der Waals surface area contributed by atoms with E-state index in [2.05, 4.69) is 15.5 Å². The van der Waals surface area contributed by atoms with Gasteiger partial charge in [0, 0.05) is 6.04 Å². The van der Waals surface area contributed by atoms with Gasteiger partial charge in [0.05, 0.1) is 0 Å². The van der Waals surface area contributed by atoms with Crippen LogP contribution in [0, 0.1) is 5.92 Å². The van der Waals surface area contributed by atoms with Crippen LogP contribution in [-0.4, -0.2) is 22.8 Å². The van der Waals surface area contributed by atoms with Crippen molar-refractivity contribution in [1.82, 2.24) is 10.2 Å². The number of hydrogen-bond donors (Lipinski definition) is 2. The maximum Gasteiger partial charge on any atom is 0.205 e. The Kier molecular flexibility index (Phi) is 3.31. The maximum atomic E-state index is 5.75. The second-order valence-electron chi connectivity index (χ2n) is 3.77. The molecule has 4 nitrogen and oxygen atoms in total. The van der Waals surface area contributed by atoms with Crippen LogP contribution in [0.25, 0.3) is 0 Å². The maximum absolute atomic E-state index is 5.75. The van der Waals surface area contributed by atoms with Gasteiger partial charge in [0.15, 0.2) is 0 Å². The predicted molar refractivity (Wildman–Crippen MR) is 58.3 cm³/mol. The smallest absolute Gasteiger partial charge is 0.205 e. The number of nitrogens with two attached hydrogens (primary N) is 1. The first-order valence-electron chi connectivity index (χ1n) is 5.13. The highest BCUT2D eigenvalue weighted by Gasteiger charge is 2.24. The Balaban J connectivity index is 1.94. The molecule has 0 amide bonds. The topological polar surface area (TPSA) is 63.8 Å². The molecule has 0 radical (unpaired) electrons. The molecule has 1 aliphatic carbocycles. The molecule has 78 valence electrons. The second-order valence-corrected chi connectivity index (χ2v) is 4.61. The van der Waals surface area contributed by atoms with E-state index in [1.165, 1.54) is 25.7 Å². The van der Waals surface area contributed by atoms with E-state index in [-0.39, 0.29) is 0 Å². The first-order chi connectivity index (χ1) is 6.90. The highest BCUT2D eigenvalue weighted by atomic mass is 32.1. The lowest BCUT2D eigenvalue weighted by molar-refractivity contribution is 0.332. The van der Waals surface area contributed by atoms with Crippen LogP contribution in [0.15, 0.2) is 5.51 Å². The number of anilines is 1. The van der Waals surface area contributed by atoms with Crippen molar-refractivity contribution in [3.8, 4) is 0 Å². The van der Waals surface area contributed by atoms with Gasteiger partial charge in [-0.05, 0) is 25.3 Å². The molecule has 0 spiro atoms. The first kappa shape index (κ1) is 9.86. The van der Waals surface area contributed by atoms with E-state index in [1.807, 2.05) is 0 Å². The molecule has 5 heteroatoms. The van der Waals surface area contributed by atoms with Crippen molar-refractivity contribution in [2.45, 2.75) is 31.7 Å². The fraction of sp³-hybridized carbons (Fsp3) is 0.778. The molecule has 0 aromatic carbocycles. The van der Waals surface area contributed by atoms with Crippen molar-refractivity contribution in [2.75, 3.05) is 11.9 Å². The quantitative estimate of drug-likeness (QED) is 0.796. The van der Waals surface area contributed by atoms with E-state index in [4.69, 9.17) is 5.73 Å². The van der Waals surface area contributed by atoms with Gasteiger partial charge in [-0.3, -0.25) is 0 Å². The lowest BCUT2D eigenvalue weighted by atomic mass is 9.85. The van der Waals surface area contributed by atoms with Gasteiger partial charge >= 0.3 is 0 Å². The van der Waals surface area contributed by atoms with Crippen LogP contribution in [0.1, 0.15) is 25.7 Å². The summed E-state index contributed by atoms with van der Waals surface area (Å²) in [6.07, 6.45) is 5.07. The molecule has 0 saturated heterocycles. The third kappa shape index (κ3) is 2.22. The van der Waals surface area contributed by atoms with Crippen molar-refractivity contribution in [2.24, 2.45) is 11.7 Å². The Bertz CT molecular complexity index is 262. The fourth-order valence-electron chi connectivity index (χ4n) is 2.07. The van der Waals surface area contributed by atoms with Crippen molar-refractivity contribution < 1.29 is 0 Å². The molecule has 2 atom stereocenters. The van der Waals surface area contributed by atoms with Crippen molar-refractivity contribution in [1.29, 1.82) is 0 Å². The highest BCUT2D eigenvalue weighted by molar-refractivity contribution is 7.13. The first-order valence-corrected chi connectivity index (χ1v) is 6.01. The molecule has 2 rings (SSSR count). The lowest BCUT2D eigenvalue weighted by Gasteiger charge is -2.30. The third-order valence-electron chi connectivity index (χ3n) is 2.88. The molecular weight excluding hydrogens is 196 g/mol. The SMILES string of the molecule is NCC1CCCCC1Nc1nncs1. The summed E-state index contributed by atoms with van der Waals surface area (Å²) < 4.78 is 0. The number of rotatable bonds is 3. The van der Waals surface area contributed by atoms with E-state index < -0.39 is 0 Å². The zero-order valence-electron chi connectivity index (χ0n) is 8.15. The molecular formula is C9H16N4S. The minimum absolute atomic E-state index is 0.502. The number of hydrogen-bond acceptors (Lipinski definition) is 5. The monoisotopic (exact) mass is 212 g/mol. The van der Waals surface area contributed by atoms with Crippen LogP contribution in [0.2, 0.25) is 0 Å².